The molecule has 0 fully saturated rings. The molecule has 0 unspecified atom stereocenters. The third-order valence-corrected chi connectivity index (χ3v) is 3.35. The number of nitrogen functional groups attached to an aromatic ring is 1. The molecule has 0 saturated carbocycles. The predicted octanol–water partition coefficient (Wildman–Crippen LogP) is 2.76. The maximum Gasteiger partial charge on any atom is 0.144 e. The van der Waals surface area contributed by atoms with Gasteiger partial charge in [0.15, 0.2) is 0 Å². The molecule has 1 aromatic heterocycles. The Labute approximate surface area is 124 Å². The summed E-state index contributed by atoms with van der Waals surface area (Å²) in [4.78, 5) is 6.47. The highest BCUT2D eigenvalue weighted by molar-refractivity contribution is 6.01. The van der Waals surface area contributed by atoms with Crippen molar-refractivity contribution < 1.29 is 4.74 Å². The van der Waals surface area contributed by atoms with E-state index in [4.69, 9.17) is 15.9 Å². The molecule has 0 amide bonds. The number of benzene rings is 1. The van der Waals surface area contributed by atoms with Crippen molar-refractivity contribution >= 4 is 17.3 Å². The predicted molar refractivity (Wildman–Crippen MR) is 85.8 cm³/mol. The number of nitrogens with two attached hydrogens (primary N) is 1. The summed E-state index contributed by atoms with van der Waals surface area (Å²) in [7, 11) is 3.54. The van der Waals surface area contributed by atoms with Crippen LogP contribution in [0.5, 0.6) is 5.75 Å². The molecule has 3 N–H and O–H groups in total. The molecule has 0 saturated heterocycles. The molecule has 0 radical (unpaired) electrons. The van der Waals surface area contributed by atoms with E-state index in [1.54, 1.807) is 7.11 Å². The highest BCUT2D eigenvalue weighted by Crippen LogP contribution is 2.29. The van der Waals surface area contributed by atoms with Gasteiger partial charge >= 0.3 is 0 Å². The summed E-state index contributed by atoms with van der Waals surface area (Å²) in [5.41, 5.74) is 9.15. The highest BCUT2D eigenvalue weighted by atomic mass is 16.5. The molecular formula is C16H20N4O. The second-order valence-corrected chi connectivity index (χ2v) is 4.95. The minimum atomic E-state index is 0.0183. The van der Waals surface area contributed by atoms with Crippen LogP contribution in [0.2, 0.25) is 0 Å². The van der Waals surface area contributed by atoms with E-state index in [1.165, 1.54) is 0 Å². The van der Waals surface area contributed by atoms with Gasteiger partial charge < -0.3 is 15.4 Å². The standard InChI is InChI=1S/C16H20N4O/c1-10-8-11(2)19-16(14(10)15(17)18)20(3)12-6-5-7-13(9-12)21-4/h5-9H,1-4H3,(H3,17,18). The van der Waals surface area contributed by atoms with Gasteiger partial charge in [-0.1, -0.05) is 6.07 Å². The minimum Gasteiger partial charge on any atom is -0.497 e. The Balaban J connectivity index is 2.56. The van der Waals surface area contributed by atoms with Crippen LogP contribution in [0.4, 0.5) is 11.5 Å². The summed E-state index contributed by atoms with van der Waals surface area (Å²) in [6, 6.07) is 9.62. The highest BCUT2D eigenvalue weighted by Gasteiger charge is 2.16. The number of amidine groups is 1. The van der Waals surface area contributed by atoms with Gasteiger partial charge in [0.05, 0.1) is 12.7 Å². The average Bonchev–Trinajstić information content (AvgIpc) is 2.45. The molecule has 21 heavy (non-hydrogen) atoms. The van der Waals surface area contributed by atoms with E-state index in [2.05, 4.69) is 4.98 Å². The van der Waals surface area contributed by atoms with Gasteiger partial charge in [-0.05, 0) is 37.6 Å². The summed E-state index contributed by atoms with van der Waals surface area (Å²) in [5.74, 6) is 1.46. The van der Waals surface area contributed by atoms with Gasteiger partial charge in [0, 0.05) is 24.5 Å². The zero-order valence-corrected chi connectivity index (χ0v) is 12.8. The lowest BCUT2D eigenvalue weighted by Crippen LogP contribution is -2.21. The quantitative estimate of drug-likeness (QED) is 0.668. The van der Waals surface area contributed by atoms with Crippen LogP contribution in [0.25, 0.3) is 0 Å². The molecule has 5 nitrogen and oxygen atoms in total. The molecule has 2 aromatic rings. The van der Waals surface area contributed by atoms with Gasteiger partial charge in [0.1, 0.15) is 17.4 Å². The first-order valence-electron chi connectivity index (χ1n) is 6.64. The number of pyridine rings is 1. The molecule has 0 bridgehead atoms. The Morgan fingerprint density at radius 1 is 1.29 bits per heavy atom. The van der Waals surface area contributed by atoms with Crippen molar-refractivity contribution in [1.82, 2.24) is 4.98 Å². The van der Waals surface area contributed by atoms with E-state index in [0.717, 1.165) is 22.7 Å². The SMILES string of the molecule is COc1cccc(N(C)c2nc(C)cc(C)c2C(=N)N)c1. The van der Waals surface area contributed by atoms with E-state index < -0.39 is 0 Å². The van der Waals surface area contributed by atoms with Gasteiger partial charge in [-0.3, -0.25) is 5.41 Å². The number of ether oxygens (including phenoxy) is 1. The largest absolute Gasteiger partial charge is 0.497 e. The van der Waals surface area contributed by atoms with Gasteiger partial charge in [-0.25, -0.2) is 4.98 Å². The van der Waals surface area contributed by atoms with E-state index in [-0.39, 0.29) is 5.84 Å². The van der Waals surface area contributed by atoms with Crippen LogP contribution in [-0.4, -0.2) is 25.0 Å². The van der Waals surface area contributed by atoms with Crippen LogP contribution in [0.15, 0.2) is 30.3 Å². The Kier molecular flexibility index (Phi) is 4.12. The molecule has 0 aliphatic carbocycles. The maximum absolute atomic E-state index is 7.81. The zero-order valence-electron chi connectivity index (χ0n) is 12.8. The van der Waals surface area contributed by atoms with Crippen molar-refractivity contribution in [2.24, 2.45) is 5.73 Å². The third kappa shape index (κ3) is 2.97. The lowest BCUT2D eigenvalue weighted by Gasteiger charge is -2.23. The summed E-state index contributed by atoms with van der Waals surface area (Å²) in [5, 5.41) is 7.81. The van der Waals surface area contributed by atoms with Crippen LogP contribution < -0.4 is 15.4 Å². The molecule has 1 heterocycles. The smallest absolute Gasteiger partial charge is 0.144 e. The first-order chi connectivity index (χ1) is 9.93. The number of anilines is 2. The first-order valence-corrected chi connectivity index (χ1v) is 6.64. The number of nitrogens with one attached hydrogen (secondary N) is 1. The van der Waals surface area contributed by atoms with Crippen molar-refractivity contribution in [2.75, 3.05) is 19.1 Å². The number of aryl methyl sites for hydroxylation is 2. The molecule has 0 aliphatic rings. The molecule has 0 spiro atoms. The topological polar surface area (TPSA) is 75.2 Å². The fourth-order valence-corrected chi connectivity index (χ4v) is 2.33. The van der Waals surface area contributed by atoms with Crippen LogP contribution >= 0.6 is 0 Å². The molecule has 2 rings (SSSR count). The monoisotopic (exact) mass is 284 g/mol. The van der Waals surface area contributed by atoms with Crippen LogP contribution in [0.1, 0.15) is 16.8 Å². The average molecular weight is 284 g/mol. The van der Waals surface area contributed by atoms with Crippen molar-refractivity contribution in [3.8, 4) is 5.75 Å². The number of aromatic nitrogens is 1. The summed E-state index contributed by atoms with van der Waals surface area (Å²) in [6.45, 7) is 3.87. The Morgan fingerprint density at radius 2 is 2.00 bits per heavy atom. The first kappa shape index (κ1) is 14.8. The lowest BCUT2D eigenvalue weighted by molar-refractivity contribution is 0.415. The van der Waals surface area contributed by atoms with Gasteiger partial charge in [-0.2, -0.15) is 0 Å². The molecule has 110 valence electrons. The number of rotatable bonds is 4. The molecule has 0 aliphatic heterocycles. The van der Waals surface area contributed by atoms with E-state index >= 15 is 0 Å². The Morgan fingerprint density at radius 3 is 2.62 bits per heavy atom. The minimum absolute atomic E-state index is 0.0183. The fourth-order valence-electron chi connectivity index (χ4n) is 2.33. The van der Waals surface area contributed by atoms with Crippen LogP contribution in [0, 0.1) is 19.3 Å². The Bertz CT molecular complexity index is 682. The number of methoxy groups -OCH3 is 1. The van der Waals surface area contributed by atoms with Crippen molar-refractivity contribution in [2.45, 2.75) is 13.8 Å². The van der Waals surface area contributed by atoms with Gasteiger partial charge in [0.2, 0.25) is 0 Å². The molecule has 0 atom stereocenters. The number of hydrogen-bond acceptors (Lipinski definition) is 4. The Hall–Kier alpha value is -2.56. The summed E-state index contributed by atoms with van der Waals surface area (Å²) in [6.07, 6.45) is 0. The molecule has 1 aromatic carbocycles. The zero-order chi connectivity index (χ0) is 15.6. The maximum atomic E-state index is 7.81. The second-order valence-electron chi connectivity index (χ2n) is 4.95. The van der Waals surface area contributed by atoms with E-state index in [1.807, 2.05) is 56.1 Å². The summed E-state index contributed by atoms with van der Waals surface area (Å²) >= 11 is 0. The van der Waals surface area contributed by atoms with Crippen LogP contribution in [0.3, 0.4) is 0 Å². The fraction of sp³-hybridized carbons (Fsp3) is 0.250. The van der Waals surface area contributed by atoms with Crippen molar-refractivity contribution in [3.05, 3.63) is 47.2 Å². The van der Waals surface area contributed by atoms with E-state index in [9.17, 15) is 0 Å². The van der Waals surface area contributed by atoms with Crippen LogP contribution in [-0.2, 0) is 0 Å². The number of nitrogens with zero attached hydrogens (tertiary/aromatic N) is 2. The number of hydrogen-bond donors (Lipinski definition) is 2. The van der Waals surface area contributed by atoms with Gasteiger partial charge in [-0.15, -0.1) is 0 Å². The normalized spacial score (nSPS) is 10.3. The van der Waals surface area contributed by atoms with Crippen molar-refractivity contribution in [1.29, 1.82) is 5.41 Å². The third-order valence-electron chi connectivity index (χ3n) is 3.35. The molecule has 5 heteroatoms. The summed E-state index contributed by atoms with van der Waals surface area (Å²) < 4.78 is 5.25. The van der Waals surface area contributed by atoms with Crippen molar-refractivity contribution in [3.63, 3.8) is 0 Å². The van der Waals surface area contributed by atoms with Gasteiger partial charge in [0.25, 0.3) is 0 Å². The van der Waals surface area contributed by atoms with E-state index in [0.29, 0.717) is 11.4 Å². The lowest BCUT2D eigenvalue weighted by atomic mass is 10.1. The second kappa shape index (κ2) is 5.83. The molecular weight excluding hydrogens is 264 g/mol.